The number of carbonyl (C=O) groups is 1. The van der Waals surface area contributed by atoms with Crippen LogP contribution in [0.5, 0.6) is 0 Å². The SMILES string of the molecule is CC1(C)CC(=O)c2c(ncn2Cc2ccc(S(C)(=O)=O)cc2)C1. The van der Waals surface area contributed by atoms with Crippen LogP contribution in [0.15, 0.2) is 35.5 Å². The number of rotatable bonds is 3. The molecule has 0 N–H and O–H groups in total. The Morgan fingerprint density at radius 1 is 1.17 bits per heavy atom. The number of sulfone groups is 1. The number of fused-ring (bicyclic) bond motifs is 1. The first-order valence-corrected chi connectivity index (χ1v) is 9.41. The molecule has 0 saturated carbocycles. The number of imidazole rings is 1. The zero-order valence-corrected chi connectivity index (χ0v) is 14.4. The lowest BCUT2D eigenvalue weighted by Gasteiger charge is -2.28. The van der Waals surface area contributed by atoms with Gasteiger partial charge in [0.25, 0.3) is 0 Å². The molecule has 0 radical (unpaired) electrons. The van der Waals surface area contributed by atoms with Gasteiger partial charge in [0.05, 0.1) is 16.9 Å². The zero-order valence-electron chi connectivity index (χ0n) is 13.5. The molecule has 0 spiro atoms. The number of aromatic nitrogens is 2. The molecule has 0 atom stereocenters. The van der Waals surface area contributed by atoms with Crippen molar-refractivity contribution in [1.29, 1.82) is 0 Å². The predicted molar refractivity (Wildman–Crippen MR) is 87.3 cm³/mol. The fourth-order valence-electron chi connectivity index (χ4n) is 3.07. The van der Waals surface area contributed by atoms with Crippen molar-refractivity contribution in [1.82, 2.24) is 9.55 Å². The fourth-order valence-corrected chi connectivity index (χ4v) is 3.70. The monoisotopic (exact) mass is 332 g/mol. The van der Waals surface area contributed by atoms with Crippen LogP contribution in [0.25, 0.3) is 0 Å². The van der Waals surface area contributed by atoms with E-state index in [1.165, 1.54) is 6.26 Å². The highest BCUT2D eigenvalue weighted by molar-refractivity contribution is 7.90. The Labute approximate surface area is 136 Å². The van der Waals surface area contributed by atoms with Gasteiger partial charge in [0.15, 0.2) is 15.6 Å². The van der Waals surface area contributed by atoms with Crippen LogP contribution in [0.2, 0.25) is 0 Å². The number of nitrogens with zero attached hydrogens (tertiary/aromatic N) is 2. The van der Waals surface area contributed by atoms with Gasteiger partial charge in [-0.25, -0.2) is 13.4 Å². The predicted octanol–water partition coefficient (Wildman–Crippen LogP) is 2.49. The van der Waals surface area contributed by atoms with Gasteiger partial charge in [-0.3, -0.25) is 4.79 Å². The number of hydrogen-bond donors (Lipinski definition) is 0. The second kappa shape index (κ2) is 5.30. The van der Waals surface area contributed by atoms with Crippen LogP contribution in [-0.4, -0.2) is 30.0 Å². The van der Waals surface area contributed by atoms with Crippen LogP contribution >= 0.6 is 0 Å². The van der Waals surface area contributed by atoms with Gasteiger partial charge in [-0.1, -0.05) is 26.0 Å². The van der Waals surface area contributed by atoms with Crippen molar-refractivity contribution < 1.29 is 13.2 Å². The highest BCUT2D eigenvalue weighted by atomic mass is 32.2. The first-order valence-electron chi connectivity index (χ1n) is 7.52. The molecular formula is C17H20N2O3S. The molecule has 3 rings (SSSR count). The summed E-state index contributed by atoms with van der Waals surface area (Å²) in [6, 6.07) is 6.75. The second-order valence-corrected chi connectivity index (χ2v) is 9.04. The standard InChI is InChI=1S/C17H20N2O3S/c1-17(2)8-14-16(15(20)9-17)19(11-18-14)10-12-4-6-13(7-5-12)23(3,21)22/h4-7,11H,8-10H2,1-3H3. The van der Waals surface area contributed by atoms with Crippen molar-refractivity contribution >= 4 is 15.6 Å². The molecule has 1 aromatic heterocycles. The van der Waals surface area contributed by atoms with Crippen LogP contribution < -0.4 is 0 Å². The number of carbonyl (C=O) groups excluding carboxylic acids is 1. The van der Waals surface area contributed by atoms with Gasteiger partial charge in [-0.15, -0.1) is 0 Å². The molecule has 5 nitrogen and oxygen atoms in total. The molecule has 0 aliphatic heterocycles. The lowest BCUT2D eigenvalue weighted by atomic mass is 9.77. The van der Waals surface area contributed by atoms with Crippen LogP contribution in [0.4, 0.5) is 0 Å². The molecule has 6 heteroatoms. The Morgan fingerprint density at radius 2 is 1.83 bits per heavy atom. The Hall–Kier alpha value is -1.95. The summed E-state index contributed by atoms with van der Waals surface area (Å²) in [6.45, 7) is 4.67. The molecule has 1 aliphatic rings. The molecule has 1 aromatic carbocycles. The largest absolute Gasteiger partial charge is 0.323 e. The zero-order chi connectivity index (χ0) is 16.8. The first kappa shape index (κ1) is 15.9. The molecule has 0 bridgehead atoms. The Bertz CT molecular complexity index is 862. The van der Waals surface area contributed by atoms with E-state index in [0.717, 1.165) is 17.7 Å². The minimum atomic E-state index is -3.19. The van der Waals surface area contributed by atoms with E-state index in [1.807, 2.05) is 4.57 Å². The number of Topliss-reactive ketones (excluding diaryl/α,β-unsaturated/α-hetero) is 1. The van der Waals surface area contributed by atoms with E-state index in [9.17, 15) is 13.2 Å². The number of hydrogen-bond acceptors (Lipinski definition) is 4. The maximum Gasteiger partial charge on any atom is 0.181 e. The summed E-state index contributed by atoms with van der Waals surface area (Å²) >= 11 is 0. The maximum atomic E-state index is 12.4. The van der Waals surface area contributed by atoms with Crippen molar-refractivity contribution in [3.05, 3.63) is 47.5 Å². The minimum absolute atomic E-state index is 0.0413. The third-order valence-corrected chi connectivity index (χ3v) is 5.30. The van der Waals surface area contributed by atoms with Gasteiger partial charge in [0, 0.05) is 19.2 Å². The fraction of sp³-hybridized carbons (Fsp3) is 0.412. The van der Waals surface area contributed by atoms with E-state index in [1.54, 1.807) is 30.6 Å². The summed E-state index contributed by atoms with van der Waals surface area (Å²) in [7, 11) is -3.19. The van der Waals surface area contributed by atoms with E-state index in [-0.39, 0.29) is 11.2 Å². The Balaban J connectivity index is 1.88. The molecular weight excluding hydrogens is 312 g/mol. The number of ketones is 1. The molecule has 0 amide bonds. The van der Waals surface area contributed by atoms with E-state index in [4.69, 9.17) is 0 Å². The van der Waals surface area contributed by atoms with Crippen molar-refractivity contribution in [2.75, 3.05) is 6.26 Å². The van der Waals surface area contributed by atoms with Crippen molar-refractivity contribution in [3.63, 3.8) is 0 Å². The summed E-state index contributed by atoms with van der Waals surface area (Å²) in [5.74, 6) is 0.126. The van der Waals surface area contributed by atoms with Gasteiger partial charge < -0.3 is 4.57 Å². The highest BCUT2D eigenvalue weighted by Crippen LogP contribution is 2.34. The molecule has 1 aliphatic carbocycles. The first-order chi connectivity index (χ1) is 10.7. The van der Waals surface area contributed by atoms with Gasteiger partial charge in [-0.05, 0) is 29.5 Å². The molecule has 1 heterocycles. The molecule has 122 valence electrons. The topological polar surface area (TPSA) is 69.0 Å². The third kappa shape index (κ3) is 3.22. The normalized spacial score (nSPS) is 17.1. The molecule has 0 fully saturated rings. The van der Waals surface area contributed by atoms with Gasteiger partial charge in [0.1, 0.15) is 5.69 Å². The maximum absolute atomic E-state index is 12.4. The highest BCUT2D eigenvalue weighted by Gasteiger charge is 2.34. The van der Waals surface area contributed by atoms with Gasteiger partial charge >= 0.3 is 0 Å². The van der Waals surface area contributed by atoms with Crippen LogP contribution in [0, 0.1) is 5.41 Å². The molecule has 23 heavy (non-hydrogen) atoms. The van der Waals surface area contributed by atoms with E-state index >= 15 is 0 Å². The molecule has 0 saturated heterocycles. The molecule has 0 unspecified atom stereocenters. The lowest BCUT2D eigenvalue weighted by molar-refractivity contribution is 0.0901. The van der Waals surface area contributed by atoms with Crippen LogP contribution in [-0.2, 0) is 22.8 Å². The lowest BCUT2D eigenvalue weighted by Crippen LogP contribution is -2.28. The quantitative estimate of drug-likeness (QED) is 0.866. The Kier molecular flexibility index (Phi) is 3.67. The van der Waals surface area contributed by atoms with Crippen LogP contribution in [0.3, 0.4) is 0 Å². The summed E-state index contributed by atoms with van der Waals surface area (Å²) in [6.07, 6.45) is 4.22. The van der Waals surface area contributed by atoms with Gasteiger partial charge in [0.2, 0.25) is 0 Å². The number of benzene rings is 1. The van der Waals surface area contributed by atoms with Gasteiger partial charge in [-0.2, -0.15) is 0 Å². The smallest absolute Gasteiger partial charge is 0.181 e. The van der Waals surface area contributed by atoms with E-state index in [0.29, 0.717) is 23.6 Å². The summed E-state index contributed by atoms with van der Waals surface area (Å²) < 4.78 is 24.9. The summed E-state index contributed by atoms with van der Waals surface area (Å²) in [5, 5.41) is 0. The summed E-state index contributed by atoms with van der Waals surface area (Å²) in [5.41, 5.74) is 2.45. The van der Waals surface area contributed by atoms with Crippen molar-refractivity contribution in [2.45, 2.75) is 38.1 Å². The van der Waals surface area contributed by atoms with Crippen molar-refractivity contribution in [2.24, 2.45) is 5.41 Å². The average molecular weight is 332 g/mol. The summed E-state index contributed by atoms with van der Waals surface area (Å²) in [4.78, 5) is 17.1. The second-order valence-electron chi connectivity index (χ2n) is 7.02. The van der Waals surface area contributed by atoms with E-state index < -0.39 is 9.84 Å². The third-order valence-electron chi connectivity index (χ3n) is 4.17. The Morgan fingerprint density at radius 3 is 2.43 bits per heavy atom. The molecule has 2 aromatic rings. The average Bonchev–Trinajstić information content (AvgIpc) is 2.79. The van der Waals surface area contributed by atoms with Crippen LogP contribution in [0.1, 0.15) is 42.0 Å². The van der Waals surface area contributed by atoms with E-state index in [2.05, 4.69) is 18.8 Å². The minimum Gasteiger partial charge on any atom is -0.323 e. The van der Waals surface area contributed by atoms with Crippen molar-refractivity contribution in [3.8, 4) is 0 Å².